The van der Waals surface area contributed by atoms with Crippen molar-refractivity contribution in [1.29, 1.82) is 0 Å². The molecule has 1 fully saturated rings. The maximum atomic E-state index is 13.9. The van der Waals surface area contributed by atoms with E-state index in [0.29, 0.717) is 11.1 Å². The highest BCUT2D eigenvalue weighted by Gasteiger charge is 2.52. The molecule has 2 aromatic carbocycles. The first-order chi connectivity index (χ1) is 12.4. The van der Waals surface area contributed by atoms with Crippen LogP contribution in [0.25, 0.3) is 11.1 Å². The SMILES string of the molecule is Cc1ccc(-c2ccc(Cl)c(F)c2)cc1C1C(=O)C(C)(C)SC(C)(C)C1=O. The van der Waals surface area contributed by atoms with E-state index >= 15 is 0 Å². The van der Waals surface area contributed by atoms with Gasteiger partial charge in [-0.2, -0.15) is 0 Å². The second-order valence-electron chi connectivity index (χ2n) is 7.98. The molecule has 1 saturated heterocycles. The van der Waals surface area contributed by atoms with Gasteiger partial charge in [0, 0.05) is 0 Å². The number of thioether (sulfide) groups is 1. The Balaban J connectivity index is 2.14. The van der Waals surface area contributed by atoms with Gasteiger partial charge in [0.2, 0.25) is 0 Å². The molecule has 5 heteroatoms. The number of aryl methyl sites for hydroxylation is 1. The number of ketones is 2. The van der Waals surface area contributed by atoms with Crippen molar-refractivity contribution in [3.8, 4) is 11.1 Å². The lowest BCUT2D eigenvalue weighted by Gasteiger charge is -2.42. The summed E-state index contributed by atoms with van der Waals surface area (Å²) in [4.78, 5) is 26.3. The van der Waals surface area contributed by atoms with Gasteiger partial charge in [0.1, 0.15) is 11.7 Å². The van der Waals surface area contributed by atoms with Crippen LogP contribution in [0.3, 0.4) is 0 Å². The summed E-state index contributed by atoms with van der Waals surface area (Å²) in [6.45, 7) is 9.37. The van der Waals surface area contributed by atoms with Gasteiger partial charge in [0.05, 0.1) is 14.5 Å². The van der Waals surface area contributed by atoms with Gasteiger partial charge in [0.25, 0.3) is 0 Å². The molecule has 142 valence electrons. The molecule has 0 unspecified atom stereocenters. The molecule has 1 heterocycles. The second-order valence-corrected chi connectivity index (χ2v) is 10.6. The predicted octanol–water partition coefficient (Wildman–Crippen LogP) is 5.98. The molecule has 0 aromatic heterocycles. The highest BCUT2D eigenvalue weighted by molar-refractivity contribution is 8.03. The molecule has 2 aromatic rings. The first-order valence-corrected chi connectivity index (χ1v) is 9.98. The monoisotopic (exact) mass is 404 g/mol. The average molecular weight is 405 g/mol. The van der Waals surface area contributed by atoms with Gasteiger partial charge in [-0.25, -0.2) is 4.39 Å². The Hall–Kier alpha value is -1.65. The fourth-order valence-electron chi connectivity index (χ4n) is 3.64. The van der Waals surface area contributed by atoms with Crippen LogP contribution in [0.15, 0.2) is 36.4 Å². The lowest BCUT2D eigenvalue weighted by atomic mass is 9.78. The summed E-state index contributed by atoms with van der Waals surface area (Å²) in [5, 5.41) is 0.0595. The van der Waals surface area contributed by atoms with Gasteiger partial charge in [-0.3, -0.25) is 9.59 Å². The Morgan fingerprint density at radius 2 is 1.44 bits per heavy atom. The molecular weight excluding hydrogens is 383 g/mol. The summed E-state index contributed by atoms with van der Waals surface area (Å²) in [5.74, 6) is -1.48. The molecule has 0 saturated carbocycles. The zero-order chi connectivity index (χ0) is 20.1. The minimum Gasteiger partial charge on any atom is -0.297 e. The number of Topliss-reactive ketones (excluding diaryl/α,β-unsaturated/α-hetero) is 2. The zero-order valence-corrected chi connectivity index (χ0v) is 17.6. The van der Waals surface area contributed by atoms with Crippen LogP contribution < -0.4 is 0 Å². The lowest BCUT2D eigenvalue weighted by molar-refractivity contribution is -0.132. The normalized spacial score (nSPS) is 19.4. The van der Waals surface area contributed by atoms with Crippen LogP contribution in [0.4, 0.5) is 4.39 Å². The minimum absolute atomic E-state index is 0.0595. The van der Waals surface area contributed by atoms with Crippen LogP contribution in [-0.4, -0.2) is 21.1 Å². The van der Waals surface area contributed by atoms with Crippen LogP contribution in [-0.2, 0) is 9.59 Å². The van der Waals surface area contributed by atoms with Gasteiger partial charge in [-0.15, -0.1) is 11.8 Å². The van der Waals surface area contributed by atoms with Gasteiger partial charge in [-0.1, -0.05) is 29.8 Å². The van der Waals surface area contributed by atoms with E-state index in [4.69, 9.17) is 11.6 Å². The largest absolute Gasteiger partial charge is 0.297 e. The lowest BCUT2D eigenvalue weighted by Crippen LogP contribution is -2.51. The first kappa shape index (κ1) is 20.1. The smallest absolute Gasteiger partial charge is 0.163 e. The molecule has 0 N–H and O–H groups in total. The standard InChI is InChI=1S/C22H22ClFO2S/c1-12-6-7-13(14-8-9-16(23)17(24)11-14)10-15(12)18-19(25)21(2,3)27-22(4,5)20(18)26/h6-11,18H,1-5H3. The third-order valence-electron chi connectivity index (χ3n) is 5.06. The molecule has 1 aliphatic rings. The molecule has 0 amide bonds. The van der Waals surface area contributed by atoms with Crippen LogP contribution in [0.2, 0.25) is 5.02 Å². The average Bonchev–Trinajstić information content (AvgIpc) is 2.57. The van der Waals surface area contributed by atoms with E-state index in [9.17, 15) is 14.0 Å². The summed E-state index contributed by atoms with van der Waals surface area (Å²) in [6.07, 6.45) is 0. The van der Waals surface area contributed by atoms with Gasteiger partial charge in [0.15, 0.2) is 11.6 Å². The number of hydrogen-bond acceptors (Lipinski definition) is 3. The van der Waals surface area contributed by atoms with E-state index in [1.54, 1.807) is 6.07 Å². The van der Waals surface area contributed by atoms with Crippen molar-refractivity contribution in [3.05, 3.63) is 58.4 Å². The second kappa shape index (κ2) is 6.75. The van der Waals surface area contributed by atoms with E-state index in [0.717, 1.165) is 11.1 Å². The van der Waals surface area contributed by atoms with E-state index < -0.39 is 21.2 Å². The van der Waals surface area contributed by atoms with Gasteiger partial charge < -0.3 is 0 Å². The Morgan fingerprint density at radius 3 is 2.00 bits per heavy atom. The topological polar surface area (TPSA) is 34.1 Å². The first-order valence-electron chi connectivity index (χ1n) is 8.79. The van der Waals surface area contributed by atoms with Crippen molar-refractivity contribution in [3.63, 3.8) is 0 Å². The van der Waals surface area contributed by atoms with Crippen molar-refractivity contribution in [2.45, 2.75) is 50.0 Å². The molecule has 3 rings (SSSR count). The van der Waals surface area contributed by atoms with Gasteiger partial charge >= 0.3 is 0 Å². The maximum absolute atomic E-state index is 13.9. The zero-order valence-electron chi connectivity index (χ0n) is 16.0. The van der Waals surface area contributed by atoms with Crippen LogP contribution in [0.1, 0.15) is 44.7 Å². The molecule has 1 aliphatic heterocycles. The van der Waals surface area contributed by atoms with Crippen molar-refractivity contribution in [1.82, 2.24) is 0 Å². The Kier molecular flexibility index (Phi) is 5.02. The summed E-state index contributed by atoms with van der Waals surface area (Å²) in [5.41, 5.74) is 2.97. The van der Waals surface area contributed by atoms with E-state index in [2.05, 4.69) is 0 Å². The maximum Gasteiger partial charge on any atom is 0.163 e. The Bertz CT molecular complexity index is 923. The number of halogens is 2. The van der Waals surface area contributed by atoms with E-state index in [1.807, 2.05) is 52.8 Å². The Labute approximate surface area is 168 Å². The summed E-state index contributed by atoms with van der Waals surface area (Å²) < 4.78 is 12.6. The number of rotatable bonds is 2. The summed E-state index contributed by atoms with van der Waals surface area (Å²) >= 11 is 7.19. The fourth-order valence-corrected chi connectivity index (χ4v) is 5.47. The molecule has 0 spiro atoms. The highest BCUT2D eigenvalue weighted by atomic mass is 35.5. The van der Waals surface area contributed by atoms with Crippen molar-refractivity contribution in [2.24, 2.45) is 0 Å². The van der Waals surface area contributed by atoms with Crippen molar-refractivity contribution < 1.29 is 14.0 Å². The van der Waals surface area contributed by atoms with Crippen LogP contribution >= 0.6 is 23.4 Å². The van der Waals surface area contributed by atoms with E-state index in [-0.39, 0.29) is 16.6 Å². The molecule has 2 nitrogen and oxygen atoms in total. The molecular formula is C22H22ClFO2S. The number of carbonyl (C=O) groups is 2. The summed E-state index contributed by atoms with van der Waals surface area (Å²) in [7, 11) is 0. The molecule has 27 heavy (non-hydrogen) atoms. The Morgan fingerprint density at radius 1 is 0.926 bits per heavy atom. The van der Waals surface area contributed by atoms with Crippen LogP contribution in [0, 0.1) is 12.7 Å². The predicted molar refractivity (Wildman–Crippen MR) is 110 cm³/mol. The van der Waals surface area contributed by atoms with Crippen molar-refractivity contribution in [2.75, 3.05) is 0 Å². The molecule has 0 radical (unpaired) electrons. The number of carbonyl (C=O) groups excluding carboxylic acids is 2. The number of benzene rings is 2. The molecule has 0 atom stereocenters. The quantitative estimate of drug-likeness (QED) is 0.577. The third-order valence-corrected chi connectivity index (χ3v) is 6.79. The van der Waals surface area contributed by atoms with Crippen molar-refractivity contribution >= 4 is 34.9 Å². The molecule has 0 bridgehead atoms. The summed E-state index contributed by atoms with van der Waals surface area (Å²) in [6, 6.07) is 10.2. The van der Waals surface area contributed by atoms with Crippen LogP contribution in [0.5, 0.6) is 0 Å². The fraction of sp³-hybridized carbons (Fsp3) is 0.364. The van der Waals surface area contributed by atoms with E-state index in [1.165, 1.54) is 23.9 Å². The molecule has 0 aliphatic carbocycles. The van der Waals surface area contributed by atoms with Gasteiger partial charge in [-0.05, 0) is 75.1 Å². The third kappa shape index (κ3) is 3.57. The highest BCUT2D eigenvalue weighted by Crippen LogP contribution is 2.49. The minimum atomic E-state index is -0.812. The number of hydrogen-bond donors (Lipinski definition) is 0.